The first kappa shape index (κ1) is 13.8. The second kappa shape index (κ2) is 7.15. The monoisotopic (exact) mass is 305 g/mol. The van der Waals surface area contributed by atoms with E-state index in [2.05, 4.69) is 28.2 Å². The second-order valence-corrected chi connectivity index (χ2v) is 4.95. The summed E-state index contributed by atoms with van der Waals surface area (Å²) in [6.45, 7) is 2.95. The van der Waals surface area contributed by atoms with Crippen molar-refractivity contribution < 1.29 is 4.74 Å². The molecule has 1 aromatic rings. The van der Waals surface area contributed by atoms with Crippen molar-refractivity contribution in [3.63, 3.8) is 0 Å². The van der Waals surface area contributed by atoms with Crippen molar-refractivity contribution in [2.75, 3.05) is 13.0 Å². The highest BCUT2D eigenvalue weighted by atomic mass is 79.9. The molecule has 0 radical (unpaired) electrons. The third-order valence-electron chi connectivity index (χ3n) is 2.44. The molecule has 90 valence electrons. The minimum absolute atomic E-state index is 0.426. The number of nitrogens with one attached hydrogen (secondary N) is 1. The van der Waals surface area contributed by atoms with Crippen LogP contribution in [0.4, 0.5) is 0 Å². The van der Waals surface area contributed by atoms with Gasteiger partial charge < -0.3 is 10.1 Å². The van der Waals surface area contributed by atoms with E-state index in [1.807, 2.05) is 18.2 Å². The van der Waals surface area contributed by atoms with Gasteiger partial charge in [-0.05, 0) is 37.1 Å². The maximum absolute atomic E-state index is 5.69. The molecule has 4 heteroatoms. The standard InChI is InChI=1S/C12H17BrClNO/c1-9(5-6-14)15-8-10-7-11(16-2)3-4-12(10)13/h3-4,7,9,15H,5-6,8H2,1-2H3. The highest BCUT2D eigenvalue weighted by molar-refractivity contribution is 9.10. The van der Waals surface area contributed by atoms with Gasteiger partial charge in [-0.2, -0.15) is 0 Å². The normalized spacial score (nSPS) is 12.5. The Morgan fingerprint density at radius 2 is 2.25 bits per heavy atom. The lowest BCUT2D eigenvalue weighted by atomic mass is 10.2. The lowest BCUT2D eigenvalue weighted by Crippen LogP contribution is -2.25. The fraction of sp³-hybridized carbons (Fsp3) is 0.500. The number of benzene rings is 1. The van der Waals surface area contributed by atoms with Crippen LogP contribution >= 0.6 is 27.5 Å². The lowest BCUT2D eigenvalue weighted by Gasteiger charge is -2.13. The van der Waals surface area contributed by atoms with Gasteiger partial charge in [0.05, 0.1) is 7.11 Å². The Kier molecular flexibility index (Phi) is 6.17. The fourth-order valence-corrected chi connectivity index (χ4v) is 2.08. The number of hydrogen-bond donors (Lipinski definition) is 1. The predicted molar refractivity (Wildman–Crippen MR) is 72.3 cm³/mol. The van der Waals surface area contributed by atoms with Gasteiger partial charge in [-0.1, -0.05) is 15.9 Å². The molecular formula is C12H17BrClNO. The number of methoxy groups -OCH3 is 1. The SMILES string of the molecule is COc1ccc(Br)c(CNC(C)CCCl)c1. The lowest BCUT2D eigenvalue weighted by molar-refractivity contribution is 0.413. The van der Waals surface area contributed by atoms with E-state index in [-0.39, 0.29) is 0 Å². The molecule has 0 spiro atoms. The van der Waals surface area contributed by atoms with Crippen molar-refractivity contribution in [3.05, 3.63) is 28.2 Å². The molecule has 0 saturated heterocycles. The third kappa shape index (κ3) is 4.32. The molecule has 0 amide bonds. The second-order valence-electron chi connectivity index (χ2n) is 3.72. The molecule has 0 bridgehead atoms. The zero-order chi connectivity index (χ0) is 12.0. The molecule has 0 aromatic heterocycles. The Morgan fingerprint density at radius 1 is 1.50 bits per heavy atom. The van der Waals surface area contributed by atoms with Crippen molar-refractivity contribution >= 4 is 27.5 Å². The number of ether oxygens (including phenoxy) is 1. The molecule has 0 aliphatic rings. The van der Waals surface area contributed by atoms with Gasteiger partial charge >= 0.3 is 0 Å². The quantitative estimate of drug-likeness (QED) is 0.811. The molecule has 1 unspecified atom stereocenters. The average molecular weight is 307 g/mol. The van der Waals surface area contributed by atoms with Crippen molar-refractivity contribution in [2.45, 2.75) is 25.9 Å². The first-order chi connectivity index (χ1) is 7.67. The summed E-state index contributed by atoms with van der Waals surface area (Å²) in [6, 6.07) is 6.40. The summed E-state index contributed by atoms with van der Waals surface area (Å²) in [4.78, 5) is 0. The molecule has 16 heavy (non-hydrogen) atoms. The van der Waals surface area contributed by atoms with Crippen molar-refractivity contribution in [1.29, 1.82) is 0 Å². The molecule has 1 aromatic carbocycles. The van der Waals surface area contributed by atoms with E-state index in [0.717, 1.165) is 23.2 Å². The summed E-state index contributed by atoms with van der Waals surface area (Å²) in [5, 5.41) is 3.42. The van der Waals surface area contributed by atoms with Crippen LogP contribution in [-0.2, 0) is 6.54 Å². The Labute approximate surface area is 110 Å². The minimum atomic E-state index is 0.426. The van der Waals surface area contributed by atoms with Gasteiger partial charge in [-0.25, -0.2) is 0 Å². The molecule has 0 fully saturated rings. The van der Waals surface area contributed by atoms with Crippen LogP contribution in [-0.4, -0.2) is 19.0 Å². The minimum Gasteiger partial charge on any atom is -0.497 e. The van der Waals surface area contributed by atoms with Gasteiger partial charge in [0.2, 0.25) is 0 Å². The summed E-state index contributed by atoms with van der Waals surface area (Å²) in [5.41, 5.74) is 1.20. The van der Waals surface area contributed by atoms with E-state index < -0.39 is 0 Å². The zero-order valence-corrected chi connectivity index (χ0v) is 11.9. The molecule has 0 aliphatic heterocycles. The molecule has 1 atom stereocenters. The summed E-state index contributed by atoms with van der Waals surface area (Å²) in [7, 11) is 1.68. The van der Waals surface area contributed by atoms with Crippen LogP contribution in [0.25, 0.3) is 0 Å². The van der Waals surface area contributed by atoms with E-state index >= 15 is 0 Å². The first-order valence-corrected chi connectivity index (χ1v) is 6.62. The largest absolute Gasteiger partial charge is 0.497 e. The predicted octanol–water partition coefficient (Wildman–Crippen LogP) is 3.56. The molecule has 1 N–H and O–H groups in total. The average Bonchev–Trinajstić information content (AvgIpc) is 2.28. The van der Waals surface area contributed by atoms with Gasteiger partial charge in [0.1, 0.15) is 5.75 Å². The van der Waals surface area contributed by atoms with E-state index in [1.165, 1.54) is 5.56 Å². The van der Waals surface area contributed by atoms with Crippen LogP contribution < -0.4 is 10.1 Å². The van der Waals surface area contributed by atoms with E-state index in [9.17, 15) is 0 Å². The van der Waals surface area contributed by atoms with Gasteiger partial charge in [0.15, 0.2) is 0 Å². The Balaban J connectivity index is 2.58. The summed E-state index contributed by atoms with van der Waals surface area (Å²) in [5.74, 6) is 1.57. The van der Waals surface area contributed by atoms with Crippen LogP contribution in [0.5, 0.6) is 5.75 Å². The Morgan fingerprint density at radius 3 is 2.88 bits per heavy atom. The number of rotatable bonds is 6. The molecule has 0 heterocycles. The smallest absolute Gasteiger partial charge is 0.119 e. The highest BCUT2D eigenvalue weighted by Crippen LogP contribution is 2.22. The molecule has 1 rings (SSSR count). The van der Waals surface area contributed by atoms with Crippen LogP contribution in [0.3, 0.4) is 0 Å². The number of alkyl halides is 1. The maximum atomic E-state index is 5.69. The molecule has 2 nitrogen and oxygen atoms in total. The Bertz CT molecular complexity index is 333. The summed E-state index contributed by atoms with van der Waals surface area (Å²) >= 11 is 9.21. The van der Waals surface area contributed by atoms with Crippen LogP contribution in [0.1, 0.15) is 18.9 Å². The van der Waals surface area contributed by atoms with Crippen molar-refractivity contribution in [1.82, 2.24) is 5.32 Å². The first-order valence-electron chi connectivity index (χ1n) is 5.29. The van der Waals surface area contributed by atoms with Crippen LogP contribution in [0.2, 0.25) is 0 Å². The van der Waals surface area contributed by atoms with E-state index in [0.29, 0.717) is 11.9 Å². The van der Waals surface area contributed by atoms with Gasteiger partial charge in [0.25, 0.3) is 0 Å². The Hall–Kier alpha value is -0.250. The van der Waals surface area contributed by atoms with E-state index in [1.54, 1.807) is 7.11 Å². The topological polar surface area (TPSA) is 21.3 Å². The van der Waals surface area contributed by atoms with Gasteiger partial charge in [-0.3, -0.25) is 0 Å². The number of hydrogen-bond acceptors (Lipinski definition) is 2. The summed E-state index contributed by atoms with van der Waals surface area (Å²) < 4.78 is 6.29. The number of halogens is 2. The zero-order valence-electron chi connectivity index (χ0n) is 9.59. The molecule has 0 aliphatic carbocycles. The fourth-order valence-electron chi connectivity index (χ4n) is 1.36. The van der Waals surface area contributed by atoms with Crippen LogP contribution in [0.15, 0.2) is 22.7 Å². The third-order valence-corrected chi connectivity index (χ3v) is 3.43. The van der Waals surface area contributed by atoms with Gasteiger partial charge in [-0.15, -0.1) is 11.6 Å². The maximum Gasteiger partial charge on any atom is 0.119 e. The summed E-state index contributed by atoms with van der Waals surface area (Å²) in [6.07, 6.45) is 0.975. The molecular weight excluding hydrogens is 289 g/mol. The van der Waals surface area contributed by atoms with Crippen molar-refractivity contribution in [3.8, 4) is 5.75 Å². The van der Waals surface area contributed by atoms with E-state index in [4.69, 9.17) is 16.3 Å². The molecule has 0 saturated carbocycles. The highest BCUT2D eigenvalue weighted by Gasteiger charge is 2.04. The van der Waals surface area contributed by atoms with Crippen molar-refractivity contribution in [2.24, 2.45) is 0 Å². The van der Waals surface area contributed by atoms with Crippen LogP contribution in [0, 0.1) is 0 Å². The van der Waals surface area contributed by atoms with Gasteiger partial charge in [0, 0.05) is 22.9 Å².